The summed E-state index contributed by atoms with van der Waals surface area (Å²) in [4.78, 5) is 14.0. The molecule has 7 heteroatoms. The van der Waals surface area contributed by atoms with Gasteiger partial charge in [-0.05, 0) is 18.1 Å². The van der Waals surface area contributed by atoms with Crippen molar-refractivity contribution < 1.29 is 23.0 Å². The predicted molar refractivity (Wildman–Crippen MR) is 79.2 cm³/mol. The van der Waals surface area contributed by atoms with Gasteiger partial charge in [0.15, 0.2) is 0 Å². The van der Waals surface area contributed by atoms with Gasteiger partial charge in [0.05, 0.1) is 25.9 Å². The topological polar surface area (TPSA) is 50.8 Å². The molecule has 0 unspecified atom stereocenters. The number of nitrogens with one attached hydrogen (secondary N) is 1. The Labute approximate surface area is 133 Å². The minimum Gasteiger partial charge on any atom is -0.382 e. The molecule has 2 fully saturated rings. The number of ether oxygens (including phenoxy) is 2. The van der Waals surface area contributed by atoms with Gasteiger partial charge < -0.3 is 19.7 Å². The Balaban J connectivity index is 1.53. The molecular weight excluding hydrogens is 306 g/mol. The monoisotopic (exact) mass is 326 g/mol. The van der Waals surface area contributed by atoms with Crippen molar-refractivity contribution in [2.45, 2.75) is 24.5 Å². The maximum atomic E-state index is 13.7. The molecule has 1 saturated carbocycles. The van der Waals surface area contributed by atoms with Gasteiger partial charge in [0, 0.05) is 31.7 Å². The fraction of sp³-hybridized carbons (Fsp3) is 0.562. The van der Waals surface area contributed by atoms with Gasteiger partial charge in [0.1, 0.15) is 11.6 Å². The first-order valence-electron chi connectivity index (χ1n) is 7.69. The number of rotatable bonds is 4. The Kier molecular flexibility index (Phi) is 4.77. The molecule has 1 saturated heterocycles. The van der Waals surface area contributed by atoms with Crippen molar-refractivity contribution in [2.24, 2.45) is 0 Å². The van der Waals surface area contributed by atoms with E-state index in [4.69, 9.17) is 9.47 Å². The lowest BCUT2D eigenvalue weighted by atomic mass is 10.1. The summed E-state index contributed by atoms with van der Waals surface area (Å²) < 4.78 is 37.2. The minimum atomic E-state index is -0.593. The van der Waals surface area contributed by atoms with E-state index in [1.54, 1.807) is 12.0 Å². The molecule has 1 heterocycles. The van der Waals surface area contributed by atoms with E-state index in [-0.39, 0.29) is 24.1 Å². The van der Waals surface area contributed by atoms with E-state index < -0.39 is 11.6 Å². The zero-order valence-corrected chi connectivity index (χ0v) is 12.9. The zero-order valence-electron chi connectivity index (χ0n) is 12.9. The third-order valence-corrected chi connectivity index (χ3v) is 4.24. The van der Waals surface area contributed by atoms with Crippen molar-refractivity contribution in [3.63, 3.8) is 0 Å². The Morgan fingerprint density at radius 1 is 1.48 bits per heavy atom. The molecule has 3 atom stereocenters. The molecule has 1 aromatic rings. The van der Waals surface area contributed by atoms with Crippen LogP contribution in [-0.2, 0) is 9.47 Å². The number of hydrogen-bond acceptors (Lipinski definition) is 3. The van der Waals surface area contributed by atoms with Gasteiger partial charge in [-0.15, -0.1) is 0 Å². The van der Waals surface area contributed by atoms with Crippen LogP contribution in [0.1, 0.15) is 17.9 Å². The first-order chi connectivity index (χ1) is 11.1. The van der Waals surface area contributed by atoms with Gasteiger partial charge in [0.2, 0.25) is 0 Å². The maximum Gasteiger partial charge on any atom is 0.317 e. The molecular formula is C16H20F2N2O3. The second-order valence-corrected chi connectivity index (χ2v) is 5.96. The largest absolute Gasteiger partial charge is 0.382 e. The fourth-order valence-electron chi connectivity index (χ4n) is 2.94. The van der Waals surface area contributed by atoms with E-state index in [1.807, 2.05) is 0 Å². The molecule has 126 valence electrons. The van der Waals surface area contributed by atoms with Crippen LogP contribution in [0, 0.1) is 11.6 Å². The van der Waals surface area contributed by atoms with E-state index in [0.717, 1.165) is 6.07 Å². The van der Waals surface area contributed by atoms with Crippen LogP contribution in [0.4, 0.5) is 13.6 Å². The van der Waals surface area contributed by atoms with Gasteiger partial charge in [-0.2, -0.15) is 0 Å². The first kappa shape index (κ1) is 16.1. The van der Waals surface area contributed by atoms with Gasteiger partial charge in [-0.25, -0.2) is 13.6 Å². The van der Waals surface area contributed by atoms with Crippen molar-refractivity contribution in [3.8, 4) is 0 Å². The molecule has 3 rings (SSSR count). The molecule has 1 aliphatic carbocycles. The molecule has 0 aromatic heterocycles. The van der Waals surface area contributed by atoms with Crippen LogP contribution in [0.25, 0.3) is 0 Å². The minimum absolute atomic E-state index is 0.0876. The van der Waals surface area contributed by atoms with Crippen LogP contribution in [0.3, 0.4) is 0 Å². The summed E-state index contributed by atoms with van der Waals surface area (Å²) in [7, 11) is 1.59. The molecule has 0 bridgehead atoms. The van der Waals surface area contributed by atoms with Crippen LogP contribution >= 0.6 is 0 Å². The van der Waals surface area contributed by atoms with Gasteiger partial charge in [-0.1, -0.05) is 6.07 Å². The summed E-state index contributed by atoms with van der Waals surface area (Å²) in [6.07, 6.45) is 0.546. The van der Waals surface area contributed by atoms with Crippen LogP contribution < -0.4 is 5.32 Å². The summed E-state index contributed by atoms with van der Waals surface area (Å²) in [6, 6.07) is 3.29. The summed E-state index contributed by atoms with van der Waals surface area (Å²) in [5, 5.41) is 2.91. The van der Waals surface area contributed by atoms with Crippen molar-refractivity contribution >= 4 is 6.03 Å². The van der Waals surface area contributed by atoms with Crippen LogP contribution in [0.15, 0.2) is 18.2 Å². The second kappa shape index (κ2) is 6.80. The van der Waals surface area contributed by atoms with E-state index in [1.165, 1.54) is 12.1 Å². The molecule has 0 radical (unpaired) electrons. The van der Waals surface area contributed by atoms with Crippen LogP contribution in [0.5, 0.6) is 0 Å². The second-order valence-electron chi connectivity index (χ2n) is 5.96. The lowest BCUT2D eigenvalue weighted by Crippen LogP contribution is -2.51. The fourth-order valence-corrected chi connectivity index (χ4v) is 2.94. The van der Waals surface area contributed by atoms with E-state index in [0.29, 0.717) is 38.3 Å². The third kappa shape index (κ3) is 3.79. The normalized spacial score (nSPS) is 26.9. The molecule has 1 N–H and O–H groups in total. The number of methoxy groups -OCH3 is 1. The number of carbonyl (C=O) groups excluding carboxylic acids is 1. The Bertz CT molecular complexity index is 582. The number of benzene rings is 1. The summed E-state index contributed by atoms with van der Waals surface area (Å²) in [5.41, 5.74) is 0.455. The summed E-state index contributed by atoms with van der Waals surface area (Å²) >= 11 is 0. The number of hydrogen-bond donors (Lipinski definition) is 1. The van der Waals surface area contributed by atoms with Crippen LogP contribution in [0.2, 0.25) is 0 Å². The first-order valence-corrected chi connectivity index (χ1v) is 7.69. The molecule has 0 spiro atoms. The van der Waals surface area contributed by atoms with Crippen molar-refractivity contribution in [1.29, 1.82) is 0 Å². The smallest absolute Gasteiger partial charge is 0.317 e. The summed E-state index contributed by atoms with van der Waals surface area (Å²) in [6.45, 7) is 1.91. The average molecular weight is 326 g/mol. The number of carbonyl (C=O) groups is 1. The average Bonchev–Trinajstić information content (AvgIpc) is 3.26. The number of halogens is 2. The predicted octanol–water partition coefficient (Wildman–Crippen LogP) is 1.88. The molecule has 5 nitrogen and oxygen atoms in total. The molecule has 1 aromatic carbocycles. The van der Waals surface area contributed by atoms with E-state index in [9.17, 15) is 13.6 Å². The third-order valence-electron chi connectivity index (χ3n) is 4.24. The van der Waals surface area contributed by atoms with Gasteiger partial charge >= 0.3 is 6.03 Å². The van der Waals surface area contributed by atoms with Crippen LogP contribution in [-0.4, -0.2) is 56.5 Å². The highest BCUT2D eigenvalue weighted by Gasteiger charge is 2.42. The van der Waals surface area contributed by atoms with Crippen molar-refractivity contribution in [1.82, 2.24) is 10.2 Å². The highest BCUT2D eigenvalue weighted by Crippen LogP contribution is 2.42. The Morgan fingerprint density at radius 2 is 2.30 bits per heavy atom. The molecule has 2 amide bonds. The Morgan fingerprint density at radius 3 is 3.04 bits per heavy atom. The van der Waals surface area contributed by atoms with Crippen molar-refractivity contribution in [2.75, 3.05) is 33.4 Å². The zero-order chi connectivity index (χ0) is 16.4. The highest BCUT2D eigenvalue weighted by atomic mass is 19.1. The van der Waals surface area contributed by atoms with Gasteiger partial charge in [0.25, 0.3) is 0 Å². The molecule has 2 aliphatic rings. The number of morpholine rings is 1. The van der Waals surface area contributed by atoms with Gasteiger partial charge in [-0.3, -0.25) is 0 Å². The standard InChI is InChI=1S/C16H20F2N2O3/c1-22-9-11-8-20(4-5-23-11)16(21)19-15-7-13(15)12-3-2-10(17)6-14(12)18/h2-3,6,11,13,15H,4-5,7-9H2,1H3,(H,19,21)/t11-,13-,15-/m0/s1. The number of nitrogens with zero attached hydrogens (tertiary/aromatic N) is 1. The van der Waals surface area contributed by atoms with E-state index in [2.05, 4.69) is 5.32 Å². The molecule has 1 aliphatic heterocycles. The maximum absolute atomic E-state index is 13.7. The lowest BCUT2D eigenvalue weighted by molar-refractivity contribution is -0.0494. The Hall–Kier alpha value is -1.73. The quantitative estimate of drug-likeness (QED) is 0.919. The number of amides is 2. The van der Waals surface area contributed by atoms with Crippen molar-refractivity contribution in [3.05, 3.63) is 35.4 Å². The molecule has 23 heavy (non-hydrogen) atoms. The van der Waals surface area contributed by atoms with E-state index >= 15 is 0 Å². The number of urea groups is 1. The highest BCUT2D eigenvalue weighted by molar-refractivity contribution is 5.75. The SMILES string of the molecule is COC[C@@H]1CN(C(=O)N[C@H]2C[C@H]2c2ccc(F)cc2F)CCO1. The lowest BCUT2D eigenvalue weighted by Gasteiger charge is -2.32. The summed E-state index contributed by atoms with van der Waals surface area (Å²) in [5.74, 6) is -1.24.